The summed E-state index contributed by atoms with van der Waals surface area (Å²) in [6.45, 7) is 5.54. The SMILES string of the molecule is Cc1cc(C)n(-c2ccc(=O)n(C(C)C(=O)NC3CCCCC3)n2)n1. The Hall–Kier alpha value is -2.44. The van der Waals surface area contributed by atoms with Crippen molar-refractivity contribution in [2.24, 2.45) is 0 Å². The Morgan fingerprint density at radius 3 is 2.56 bits per heavy atom. The first-order valence-electron chi connectivity index (χ1n) is 8.89. The topological polar surface area (TPSA) is 81.8 Å². The fourth-order valence-electron chi connectivity index (χ4n) is 3.35. The fraction of sp³-hybridized carbons (Fsp3) is 0.556. The van der Waals surface area contributed by atoms with Gasteiger partial charge in [0.2, 0.25) is 5.91 Å². The second kappa shape index (κ2) is 7.21. The minimum Gasteiger partial charge on any atom is -0.352 e. The molecule has 1 unspecified atom stereocenters. The van der Waals surface area contributed by atoms with Crippen LogP contribution in [-0.2, 0) is 4.79 Å². The van der Waals surface area contributed by atoms with Crippen molar-refractivity contribution in [2.45, 2.75) is 65.0 Å². The van der Waals surface area contributed by atoms with Gasteiger partial charge in [-0.2, -0.15) is 5.10 Å². The third-order valence-electron chi connectivity index (χ3n) is 4.74. The molecule has 0 radical (unpaired) electrons. The van der Waals surface area contributed by atoms with Crippen molar-refractivity contribution in [1.82, 2.24) is 24.9 Å². The molecule has 1 N–H and O–H groups in total. The van der Waals surface area contributed by atoms with Crippen molar-refractivity contribution >= 4 is 5.91 Å². The van der Waals surface area contributed by atoms with E-state index in [1.165, 1.54) is 17.2 Å². The highest BCUT2D eigenvalue weighted by molar-refractivity contribution is 5.80. The summed E-state index contributed by atoms with van der Waals surface area (Å²) >= 11 is 0. The molecule has 134 valence electrons. The van der Waals surface area contributed by atoms with Crippen molar-refractivity contribution in [2.75, 3.05) is 0 Å². The Morgan fingerprint density at radius 1 is 1.20 bits per heavy atom. The smallest absolute Gasteiger partial charge is 0.267 e. The van der Waals surface area contributed by atoms with Crippen LogP contribution in [0.5, 0.6) is 0 Å². The maximum absolute atomic E-state index is 12.5. The Labute approximate surface area is 147 Å². The van der Waals surface area contributed by atoms with Crippen LogP contribution in [0.4, 0.5) is 0 Å². The molecule has 1 atom stereocenters. The molecule has 7 heteroatoms. The summed E-state index contributed by atoms with van der Waals surface area (Å²) in [5.74, 6) is 0.370. The van der Waals surface area contributed by atoms with Crippen molar-refractivity contribution in [3.05, 3.63) is 39.9 Å². The lowest BCUT2D eigenvalue weighted by molar-refractivity contribution is -0.125. The molecule has 7 nitrogen and oxygen atoms in total. The summed E-state index contributed by atoms with van der Waals surface area (Å²) in [5, 5.41) is 11.8. The molecule has 1 aliphatic rings. The van der Waals surface area contributed by atoms with Crippen LogP contribution in [0.2, 0.25) is 0 Å². The van der Waals surface area contributed by atoms with E-state index in [2.05, 4.69) is 15.5 Å². The van der Waals surface area contributed by atoms with E-state index in [-0.39, 0.29) is 17.5 Å². The zero-order valence-corrected chi connectivity index (χ0v) is 15.0. The molecular formula is C18H25N5O2. The minimum absolute atomic E-state index is 0.160. The minimum atomic E-state index is -0.661. The van der Waals surface area contributed by atoms with Gasteiger partial charge in [-0.05, 0) is 45.7 Å². The predicted octanol–water partition coefficient (Wildman–Crippen LogP) is 2.06. The average molecular weight is 343 g/mol. The number of amides is 1. The largest absolute Gasteiger partial charge is 0.352 e. The molecule has 1 fully saturated rings. The maximum atomic E-state index is 12.5. The van der Waals surface area contributed by atoms with Crippen molar-refractivity contribution in [3.8, 4) is 5.82 Å². The lowest BCUT2D eigenvalue weighted by atomic mass is 9.95. The van der Waals surface area contributed by atoms with E-state index in [4.69, 9.17) is 0 Å². The van der Waals surface area contributed by atoms with Crippen LogP contribution in [0.3, 0.4) is 0 Å². The quantitative estimate of drug-likeness (QED) is 0.921. The lowest BCUT2D eigenvalue weighted by Gasteiger charge is -2.24. The monoisotopic (exact) mass is 343 g/mol. The van der Waals surface area contributed by atoms with E-state index < -0.39 is 6.04 Å². The number of aromatic nitrogens is 4. The highest BCUT2D eigenvalue weighted by Gasteiger charge is 2.22. The van der Waals surface area contributed by atoms with Gasteiger partial charge in [0.1, 0.15) is 6.04 Å². The van der Waals surface area contributed by atoms with Gasteiger partial charge >= 0.3 is 0 Å². The van der Waals surface area contributed by atoms with Gasteiger partial charge < -0.3 is 5.32 Å². The number of aryl methyl sites for hydroxylation is 2. The van der Waals surface area contributed by atoms with Crippen molar-refractivity contribution in [1.29, 1.82) is 0 Å². The van der Waals surface area contributed by atoms with Gasteiger partial charge in [0.25, 0.3) is 5.56 Å². The molecule has 0 bridgehead atoms. The molecule has 2 aromatic heterocycles. The Morgan fingerprint density at radius 2 is 1.92 bits per heavy atom. The third-order valence-corrected chi connectivity index (χ3v) is 4.74. The fourth-order valence-corrected chi connectivity index (χ4v) is 3.35. The standard InChI is InChI=1S/C18H25N5O2/c1-12-11-13(2)22(20-12)16-9-10-17(24)23(21-16)14(3)18(25)19-15-7-5-4-6-8-15/h9-11,14-15H,4-8H2,1-3H3,(H,19,25). The molecule has 0 spiro atoms. The molecule has 25 heavy (non-hydrogen) atoms. The van der Waals surface area contributed by atoms with E-state index in [1.807, 2.05) is 19.9 Å². The van der Waals surface area contributed by atoms with Gasteiger partial charge in [0, 0.05) is 17.8 Å². The molecule has 0 aliphatic heterocycles. The molecule has 1 aliphatic carbocycles. The Kier molecular flexibility index (Phi) is 5.01. The van der Waals surface area contributed by atoms with Crippen molar-refractivity contribution in [3.63, 3.8) is 0 Å². The first-order valence-corrected chi connectivity index (χ1v) is 8.89. The zero-order chi connectivity index (χ0) is 18.0. The van der Waals surface area contributed by atoms with Gasteiger partial charge in [0.05, 0.1) is 5.69 Å². The van der Waals surface area contributed by atoms with Crippen LogP contribution in [0.25, 0.3) is 5.82 Å². The lowest BCUT2D eigenvalue weighted by Crippen LogP contribution is -2.42. The summed E-state index contributed by atoms with van der Waals surface area (Å²) in [5.41, 5.74) is 1.51. The number of nitrogens with zero attached hydrogens (tertiary/aromatic N) is 4. The molecule has 1 amide bonds. The number of carbonyl (C=O) groups excluding carboxylic acids is 1. The Balaban J connectivity index is 1.83. The molecular weight excluding hydrogens is 318 g/mol. The normalized spacial score (nSPS) is 16.6. The second-order valence-corrected chi connectivity index (χ2v) is 6.83. The van der Waals surface area contributed by atoms with Crippen LogP contribution < -0.4 is 10.9 Å². The van der Waals surface area contributed by atoms with E-state index in [0.29, 0.717) is 5.82 Å². The molecule has 1 saturated carbocycles. The average Bonchev–Trinajstić information content (AvgIpc) is 2.94. The molecule has 3 rings (SSSR count). The summed E-state index contributed by atoms with van der Waals surface area (Å²) in [4.78, 5) is 24.8. The van der Waals surface area contributed by atoms with E-state index in [0.717, 1.165) is 37.1 Å². The first kappa shape index (κ1) is 17.4. The Bertz CT molecular complexity index is 817. The highest BCUT2D eigenvalue weighted by atomic mass is 16.2. The van der Waals surface area contributed by atoms with Crippen LogP contribution in [-0.4, -0.2) is 31.5 Å². The van der Waals surface area contributed by atoms with Gasteiger partial charge in [-0.3, -0.25) is 9.59 Å². The molecule has 0 saturated heterocycles. The summed E-state index contributed by atoms with van der Waals surface area (Å²) in [7, 11) is 0. The number of rotatable bonds is 4. The summed E-state index contributed by atoms with van der Waals surface area (Å²) < 4.78 is 2.92. The second-order valence-electron chi connectivity index (χ2n) is 6.83. The van der Waals surface area contributed by atoms with Gasteiger partial charge in [-0.1, -0.05) is 19.3 Å². The molecule has 0 aromatic carbocycles. The molecule has 2 aromatic rings. The number of hydrogen-bond donors (Lipinski definition) is 1. The molecule has 2 heterocycles. The van der Waals surface area contributed by atoms with E-state index in [1.54, 1.807) is 17.7 Å². The van der Waals surface area contributed by atoms with Crippen LogP contribution in [0.1, 0.15) is 56.5 Å². The highest BCUT2D eigenvalue weighted by Crippen LogP contribution is 2.18. The summed E-state index contributed by atoms with van der Waals surface area (Å²) in [6.07, 6.45) is 5.53. The number of nitrogens with one attached hydrogen (secondary N) is 1. The third kappa shape index (κ3) is 3.81. The number of hydrogen-bond acceptors (Lipinski definition) is 4. The number of carbonyl (C=O) groups is 1. The summed E-state index contributed by atoms with van der Waals surface area (Å²) in [6, 6.07) is 4.55. The predicted molar refractivity (Wildman–Crippen MR) is 94.8 cm³/mol. The van der Waals surface area contributed by atoms with E-state index in [9.17, 15) is 9.59 Å². The first-order chi connectivity index (χ1) is 12.0. The van der Waals surface area contributed by atoms with Gasteiger partial charge in [-0.25, -0.2) is 9.36 Å². The van der Waals surface area contributed by atoms with Crippen LogP contribution >= 0.6 is 0 Å². The van der Waals surface area contributed by atoms with Gasteiger partial charge in [-0.15, -0.1) is 5.10 Å². The zero-order valence-electron chi connectivity index (χ0n) is 15.0. The van der Waals surface area contributed by atoms with Gasteiger partial charge in [0.15, 0.2) is 5.82 Å². The van der Waals surface area contributed by atoms with Crippen molar-refractivity contribution < 1.29 is 4.79 Å². The maximum Gasteiger partial charge on any atom is 0.267 e. The van der Waals surface area contributed by atoms with Crippen LogP contribution in [0.15, 0.2) is 23.0 Å². The van der Waals surface area contributed by atoms with Crippen LogP contribution in [0, 0.1) is 13.8 Å². The van der Waals surface area contributed by atoms with E-state index >= 15 is 0 Å².